The van der Waals surface area contributed by atoms with Crippen molar-refractivity contribution in [2.75, 3.05) is 13.2 Å². The first-order valence-corrected chi connectivity index (χ1v) is 9.76. The van der Waals surface area contributed by atoms with Crippen LogP contribution in [-0.4, -0.2) is 29.1 Å². The van der Waals surface area contributed by atoms with Crippen LogP contribution >= 0.6 is 0 Å². The summed E-state index contributed by atoms with van der Waals surface area (Å²) in [6.45, 7) is 1.46. The summed E-state index contributed by atoms with van der Waals surface area (Å²) in [5.74, 6) is 1.27. The highest BCUT2D eigenvalue weighted by atomic mass is 16.6. The molecule has 2 aromatic carbocycles. The molecule has 1 amide bonds. The maximum atomic E-state index is 13.1. The quantitative estimate of drug-likeness (QED) is 0.564. The van der Waals surface area contributed by atoms with Crippen LogP contribution in [-0.2, 0) is 6.54 Å². The minimum absolute atomic E-state index is 0.166. The molecule has 148 valence electrons. The van der Waals surface area contributed by atoms with Gasteiger partial charge in [-0.25, -0.2) is 4.98 Å². The number of hydrogen-bond donors (Lipinski definition) is 1. The lowest BCUT2D eigenvalue weighted by molar-refractivity contribution is 0.0952. The van der Waals surface area contributed by atoms with Gasteiger partial charge in [0.2, 0.25) is 0 Å². The van der Waals surface area contributed by atoms with Gasteiger partial charge in [0.15, 0.2) is 11.5 Å². The highest BCUT2D eigenvalue weighted by molar-refractivity contribution is 6.07. The second-order valence-electron chi connectivity index (χ2n) is 6.95. The molecule has 0 radical (unpaired) electrons. The van der Waals surface area contributed by atoms with Crippen LogP contribution in [0.1, 0.15) is 15.9 Å². The van der Waals surface area contributed by atoms with E-state index in [-0.39, 0.29) is 5.91 Å². The van der Waals surface area contributed by atoms with Crippen LogP contribution in [0, 0.1) is 0 Å². The molecule has 1 N–H and O–H groups in total. The van der Waals surface area contributed by atoms with Gasteiger partial charge in [0.1, 0.15) is 13.2 Å². The Morgan fingerprint density at radius 1 is 0.900 bits per heavy atom. The number of amides is 1. The first-order chi connectivity index (χ1) is 14.8. The minimum Gasteiger partial charge on any atom is -0.486 e. The fourth-order valence-corrected chi connectivity index (χ4v) is 3.48. The topological polar surface area (TPSA) is 73.3 Å². The van der Waals surface area contributed by atoms with Crippen molar-refractivity contribution in [1.29, 1.82) is 0 Å². The van der Waals surface area contributed by atoms with Crippen LogP contribution in [0.2, 0.25) is 0 Å². The van der Waals surface area contributed by atoms with Gasteiger partial charge < -0.3 is 14.8 Å². The molecule has 30 heavy (non-hydrogen) atoms. The van der Waals surface area contributed by atoms with Crippen molar-refractivity contribution < 1.29 is 14.3 Å². The number of fused-ring (bicyclic) bond motifs is 2. The van der Waals surface area contributed by atoms with E-state index in [1.165, 1.54) is 0 Å². The summed E-state index contributed by atoms with van der Waals surface area (Å²) in [6.07, 6.45) is 1.72. The van der Waals surface area contributed by atoms with Crippen molar-refractivity contribution in [2.45, 2.75) is 6.54 Å². The Labute approximate surface area is 173 Å². The Morgan fingerprint density at radius 2 is 1.73 bits per heavy atom. The molecule has 0 spiro atoms. The fraction of sp³-hybridized carbons (Fsp3) is 0.125. The number of benzene rings is 2. The summed E-state index contributed by atoms with van der Waals surface area (Å²) >= 11 is 0. The van der Waals surface area contributed by atoms with Gasteiger partial charge >= 0.3 is 0 Å². The van der Waals surface area contributed by atoms with Crippen LogP contribution in [0.5, 0.6) is 11.5 Å². The number of aromatic nitrogens is 2. The zero-order chi connectivity index (χ0) is 20.3. The number of rotatable bonds is 4. The number of para-hydroxylation sites is 1. The third kappa shape index (κ3) is 3.55. The Balaban J connectivity index is 1.44. The lowest BCUT2D eigenvalue weighted by atomic mass is 10.1. The standard InChI is InChI=1S/C24H19N3O3/c28-24(26-15-16-8-9-22-23(13-16)30-12-11-29-22)18-14-21(20-7-3-4-10-25-20)27-19-6-2-1-5-17(18)19/h1-10,13-14H,11-12,15H2,(H,26,28). The number of hydrogen-bond acceptors (Lipinski definition) is 5. The molecule has 2 aromatic heterocycles. The van der Waals surface area contributed by atoms with Crippen LogP contribution in [0.15, 0.2) is 72.9 Å². The molecule has 0 fully saturated rings. The molecular weight excluding hydrogens is 378 g/mol. The fourth-order valence-electron chi connectivity index (χ4n) is 3.48. The average molecular weight is 397 g/mol. The molecule has 1 aliphatic heterocycles. The third-order valence-electron chi connectivity index (χ3n) is 4.95. The van der Waals surface area contributed by atoms with E-state index in [1.54, 1.807) is 12.3 Å². The van der Waals surface area contributed by atoms with Crippen LogP contribution in [0.25, 0.3) is 22.3 Å². The molecule has 6 nitrogen and oxygen atoms in total. The Hall–Kier alpha value is -3.93. The summed E-state index contributed by atoms with van der Waals surface area (Å²) in [6, 6.07) is 20.8. The maximum Gasteiger partial charge on any atom is 0.252 e. The first kappa shape index (κ1) is 18.1. The zero-order valence-electron chi connectivity index (χ0n) is 16.2. The predicted octanol–water partition coefficient (Wildman–Crippen LogP) is 4.00. The van der Waals surface area contributed by atoms with E-state index in [2.05, 4.69) is 15.3 Å². The maximum absolute atomic E-state index is 13.1. The number of carbonyl (C=O) groups is 1. The highest BCUT2D eigenvalue weighted by Gasteiger charge is 2.15. The van der Waals surface area contributed by atoms with Crippen molar-refractivity contribution in [1.82, 2.24) is 15.3 Å². The normalized spacial score (nSPS) is 12.5. The predicted molar refractivity (Wildman–Crippen MR) is 114 cm³/mol. The Morgan fingerprint density at radius 3 is 2.60 bits per heavy atom. The van der Waals surface area contributed by atoms with Gasteiger partial charge in [-0.3, -0.25) is 9.78 Å². The van der Waals surface area contributed by atoms with Gasteiger partial charge in [-0.15, -0.1) is 0 Å². The molecule has 0 bridgehead atoms. The van der Waals surface area contributed by atoms with Crippen molar-refractivity contribution in [3.63, 3.8) is 0 Å². The number of nitrogens with one attached hydrogen (secondary N) is 1. The highest BCUT2D eigenvalue weighted by Crippen LogP contribution is 2.31. The van der Waals surface area contributed by atoms with Gasteiger partial charge in [-0.05, 0) is 42.0 Å². The number of carbonyl (C=O) groups excluding carboxylic acids is 1. The lowest BCUT2D eigenvalue weighted by Crippen LogP contribution is -2.23. The summed E-state index contributed by atoms with van der Waals surface area (Å²) in [7, 11) is 0. The van der Waals surface area contributed by atoms with Gasteiger partial charge in [-0.1, -0.05) is 30.3 Å². The summed E-state index contributed by atoms with van der Waals surface area (Å²) in [5.41, 5.74) is 3.66. The molecule has 0 saturated heterocycles. The molecule has 0 atom stereocenters. The lowest BCUT2D eigenvalue weighted by Gasteiger charge is -2.19. The van der Waals surface area contributed by atoms with Gasteiger partial charge in [0.05, 0.1) is 22.5 Å². The summed E-state index contributed by atoms with van der Waals surface area (Å²) < 4.78 is 11.2. The number of nitrogens with zero attached hydrogens (tertiary/aromatic N) is 2. The third-order valence-corrected chi connectivity index (χ3v) is 4.95. The van der Waals surface area contributed by atoms with E-state index >= 15 is 0 Å². The average Bonchev–Trinajstić information content (AvgIpc) is 2.82. The molecule has 0 saturated carbocycles. The van der Waals surface area contributed by atoms with Crippen LogP contribution in [0.4, 0.5) is 0 Å². The van der Waals surface area contributed by atoms with Crippen LogP contribution < -0.4 is 14.8 Å². The van der Waals surface area contributed by atoms with E-state index in [4.69, 9.17) is 9.47 Å². The largest absolute Gasteiger partial charge is 0.486 e. The molecule has 0 aliphatic carbocycles. The first-order valence-electron chi connectivity index (χ1n) is 9.76. The second-order valence-corrected chi connectivity index (χ2v) is 6.95. The minimum atomic E-state index is -0.166. The molecule has 1 aliphatic rings. The van der Waals surface area contributed by atoms with Crippen molar-refractivity contribution in [3.8, 4) is 22.9 Å². The smallest absolute Gasteiger partial charge is 0.252 e. The number of ether oxygens (including phenoxy) is 2. The molecule has 4 aromatic rings. The van der Waals surface area contributed by atoms with E-state index in [0.29, 0.717) is 36.8 Å². The van der Waals surface area contributed by atoms with E-state index in [9.17, 15) is 4.79 Å². The molecule has 3 heterocycles. The second kappa shape index (κ2) is 7.83. The van der Waals surface area contributed by atoms with E-state index < -0.39 is 0 Å². The van der Waals surface area contributed by atoms with E-state index in [1.807, 2.05) is 60.7 Å². The molecule has 6 heteroatoms. The molecule has 5 rings (SSSR count). The van der Waals surface area contributed by atoms with Gasteiger partial charge in [0, 0.05) is 18.1 Å². The van der Waals surface area contributed by atoms with Crippen molar-refractivity contribution >= 4 is 16.8 Å². The van der Waals surface area contributed by atoms with Crippen molar-refractivity contribution in [3.05, 3.63) is 84.1 Å². The van der Waals surface area contributed by atoms with Gasteiger partial charge in [0.25, 0.3) is 5.91 Å². The van der Waals surface area contributed by atoms with E-state index in [0.717, 1.165) is 27.9 Å². The van der Waals surface area contributed by atoms with Gasteiger partial charge in [-0.2, -0.15) is 0 Å². The van der Waals surface area contributed by atoms with Crippen molar-refractivity contribution in [2.24, 2.45) is 0 Å². The summed E-state index contributed by atoms with van der Waals surface area (Å²) in [4.78, 5) is 22.1. The summed E-state index contributed by atoms with van der Waals surface area (Å²) in [5, 5.41) is 3.81. The SMILES string of the molecule is O=C(NCc1ccc2c(c1)OCCO2)c1cc(-c2ccccn2)nc2ccccc12. The molecule has 0 unspecified atom stereocenters. The monoisotopic (exact) mass is 397 g/mol. The number of pyridine rings is 2. The Bertz CT molecular complexity index is 1230. The Kier molecular flexibility index (Phi) is 4.73. The van der Waals surface area contributed by atoms with Crippen LogP contribution in [0.3, 0.4) is 0 Å². The zero-order valence-corrected chi connectivity index (χ0v) is 16.2. The molecular formula is C24H19N3O3.